The van der Waals surface area contributed by atoms with Gasteiger partial charge in [-0.3, -0.25) is 14.9 Å². The molecule has 1 aliphatic carbocycles. The SMILES string of the molecule is C=CCOc1c(C=Nc2sc3c(c2C(=O)NCc2ccco2)CC[C@H](C(C)(C)C)C3)cc([N+](=O)[O-])cc1OC. The Morgan fingerprint density at radius 2 is 2.18 bits per heavy atom. The van der Waals surface area contributed by atoms with E-state index in [9.17, 15) is 14.9 Å². The minimum absolute atomic E-state index is 0.143. The highest BCUT2D eigenvalue weighted by molar-refractivity contribution is 7.16. The van der Waals surface area contributed by atoms with E-state index in [1.54, 1.807) is 24.5 Å². The average molecular weight is 552 g/mol. The fraction of sp³-hybridized carbons (Fsp3) is 0.379. The molecule has 0 aliphatic heterocycles. The maximum Gasteiger partial charge on any atom is 0.274 e. The zero-order valence-electron chi connectivity index (χ0n) is 22.6. The molecule has 3 aromatic rings. The summed E-state index contributed by atoms with van der Waals surface area (Å²) >= 11 is 1.49. The Labute approximate surface area is 231 Å². The zero-order valence-corrected chi connectivity index (χ0v) is 23.4. The Bertz CT molecular complexity index is 1380. The van der Waals surface area contributed by atoms with Crippen molar-refractivity contribution in [3.8, 4) is 11.5 Å². The van der Waals surface area contributed by atoms with Crippen LogP contribution in [0.2, 0.25) is 0 Å². The number of hydrogen-bond donors (Lipinski definition) is 1. The number of carbonyl (C=O) groups excluding carboxylic acids is 1. The maximum absolute atomic E-state index is 13.5. The molecule has 2 aromatic heterocycles. The Hall–Kier alpha value is -3.92. The largest absolute Gasteiger partial charge is 0.493 e. The van der Waals surface area contributed by atoms with Gasteiger partial charge in [-0.2, -0.15) is 0 Å². The molecule has 1 amide bonds. The fourth-order valence-electron chi connectivity index (χ4n) is 4.69. The Balaban J connectivity index is 1.76. The summed E-state index contributed by atoms with van der Waals surface area (Å²) in [7, 11) is 1.42. The van der Waals surface area contributed by atoms with Gasteiger partial charge in [-0.05, 0) is 48.3 Å². The molecule has 1 atom stereocenters. The van der Waals surface area contributed by atoms with Crippen LogP contribution < -0.4 is 14.8 Å². The number of nitro groups is 1. The summed E-state index contributed by atoms with van der Waals surface area (Å²) < 4.78 is 16.5. The zero-order chi connectivity index (χ0) is 28.2. The number of nitrogens with one attached hydrogen (secondary N) is 1. The van der Waals surface area contributed by atoms with Crippen LogP contribution >= 0.6 is 11.3 Å². The van der Waals surface area contributed by atoms with Crippen LogP contribution in [0.5, 0.6) is 11.5 Å². The minimum atomic E-state index is -0.499. The van der Waals surface area contributed by atoms with Gasteiger partial charge in [0.15, 0.2) is 11.5 Å². The van der Waals surface area contributed by atoms with Crippen LogP contribution in [0, 0.1) is 21.4 Å². The molecule has 39 heavy (non-hydrogen) atoms. The lowest BCUT2D eigenvalue weighted by molar-refractivity contribution is -0.385. The fourth-order valence-corrected chi connectivity index (χ4v) is 5.96. The number of thiophene rings is 1. The lowest BCUT2D eigenvalue weighted by Gasteiger charge is -2.33. The summed E-state index contributed by atoms with van der Waals surface area (Å²) in [6.07, 6.45) is 7.27. The molecule has 0 radical (unpaired) electrons. The van der Waals surface area contributed by atoms with Crippen molar-refractivity contribution >= 4 is 34.1 Å². The molecule has 0 saturated heterocycles. The van der Waals surface area contributed by atoms with Crippen LogP contribution in [-0.2, 0) is 19.4 Å². The van der Waals surface area contributed by atoms with E-state index in [0.29, 0.717) is 33.6 Å². The molecule has 4 rings (SSSR count). The second-order valence-electron chi connectivity index (χ2n) is 10.4. The number of ether oxygens (including phenoxy) is 2. The number of hydrogen-bond acceptors (Lipinski definition) is 8. The summed E-state index contributed by atoms with van der Waals surface area (Å²) in [5.74, 6) is 1.43. The lowest BCUT2D eigenvalue weighted by atomic mass is 9.72. The summed E-state index contributed by atoms with van der Waals surface area (Å²) in [5, 5.41) is 15.1. The van der Waals surface area contributed by atoms with E-state index in [-0.39, 0.29) is 35.9 Å². The van der Waals surface area contributed by atoms with Crippen molar-refractivity contribution in [2.45, 2.75) is 46.6 Å². The quantitative estimate of drug-likeness (QED) is 0.130. The average Bonchev–Trinajstić information content (AvgIpc) is 3.55. The van der Waals surface area contributed by atoms with Crippen molar-refractivity contribution in [3.63, 3.8) is 0 Å². The van der Waals surface area contributed by atoms with Gasteiger partial charge in [0.05, 0.1) is 36.5 Å². The molecule has 0 unspecified atom stereocenters. The van der Waals surface area contributed by atoms with Gasteiger partial charge in [0.1, 0.15) is 17.4 Å². The molecule has 0 saturated carbocycles. The third-order valence-corrected chi connectivity index (χ3v) is 8.03. The van der Waals surface area contributed by atoms with Gasteiger partial charge in [-0.25, -0.2) is 4.99 Å². The molecule has 206 valence electrons. The van der Waals surface area contributed by atoms with Crippen molar-refractivity contribution in [2.24, 2.45) is 16.3 Å². The highest BCUT2D eigenvalue weighted by atomic mass is 32.1. The molecule has 9 nitrogen and oxygen atoms in total. The van der Waals surface area contributed by atoms with Gasteiger partial charge in [-0.15, -0.1) is 11.3 Å². The van der Waals surface area contributed by atoms with E-state index in [4.69, 9.17) is 18.9 Å². The van der Waals surface area contributed by atoms with Crippen molar-refractivity contribution < 1.29 is 23.6 Å². The molecule has 0 fully saturated rings. The predicted molar refractivity (Wildman–Crippen MR) is 152 cm³/mol. The topological polar surface area (TPSA) is 116 Å². The van der Waals surface area contributed by atoms with E-state index >= 15 is 0 Å². The first kappa shape index (κ1) is 28.1. The van der Waals surface area contributed by atoms with Crippen LogP contribution in [-0.4, -0.2) is 30.8 Å². The van der Waals surface area contributed by atoms with Gasteiger partial charge >= 0.3 is 0 Å². The van der Waals surface area contributed by atoms with Crippen molar-refractivity contribution in [2.75, 3.05) is 13.7 Å². The first-order chi connectivity index (χ1) is 18.6. The highest BCUT2D eigenvalue weighted by Gasteiger charge is 2.33. The van der Waals surface area contributed by atoms with Crippen LogP contribution in [0.3, 0.4) is 0 Å². The summed E-state index contributed by atoms with van der Waals surface area (Å²) in [5.41, 5.74) is 1.91. The predicted octanol–water partition coefficient (Wildman–Crippen LogP) is 6.65. The number of fused-ring (bicyclic) bond motifs is 1. The van der Waals surface area contributed by atoms with Gasteiger partial charge in [-0.1, -0.05) is 33.4 Å². The number of benzene rings is 1. The number of carbonyl (C=O) groups is 1. The van der Waals surface area contributed by atoms with E-state index in [0.717, 1.165) is 29.7 Å². The normalized spacial score (nSPS) is 15.1. The van der Waals surface area contributed by atoms with E-state index < -0.39 is 4.92 Å². The van der Waals surface area contributed by atoms with Gasteiger partial charge in [0.2, 0.25) is 0 Å². The third-order valence-electron chi connectivity index (χ3n) is 6.87. The van der Waals surface area contributed by atoms with Crippen molar-refractivity contribution in [1.82, 2.24) is 5.32 Å². The Morgan fingerprint density at radius 3 is 2.82 bits per heavy atom. The highest BCUT2D eigenvalue weighted by Crippen LogP contribution is 2.45. The maximum atomic E-state index is 13.5. The van der Waals surface area contributed by atoms with E-state index in [1.807, 2.05) is 0 Å². The molecular weight excluding hydrogens is 518 g/mol. The van der Waals surface area contributed by atoms with Gasteiger partial charge in [0, 0.05) is 22.7 Å². The number of amides is 1. The summed E-state index contributed by atoms with van der Waals surface area (Å²) in [6, 6.07) is 6.26. The standard InChI is InChI=1S/C29H33N3O6S/c1-6-11-38-26-18(13-20(32(34)35)15-23(26)36-5)16-31-28-25(27(33)30-17-21-8-7-12-37-21)22-10-9-19(29(2,3)4)14-24(22)39-28/h6-8,12-13,15-16,19H,1,9-11,14,17H2,2-5H3,(H,30,33)/t19-/m0/s1. The first-order valence-electron chi connectivity index (χ1n) is 12.7. The molecule has 0 bridgehead atoms. The molecule has 2 heterocycles. The number of furan rings is 1. The van der Waals surface area contributed by atoms with E-state index in [1.165, 1.54) is 36.8 Å². The molecular formula is C29H33N3O6S. The Kier molecular flexibility index (Phi) is 8.54. The number of nitrogens with zero attached hydrogens (tertiary/aromatic N) is 2. The minimum Gasteiger partial charge on any atom is -0.493 e. The molecule has 1 aromatic carbocycles. The molecule has 10 heteroatoms. The molecule has 0 spiro atoms. The van der Waals surface area contributed by atoms with Crippen LogP contribution in [0.25, 0.3) is 0 Å². The van der Waals surface area contributed by atoms with Crippen LogP contribution in [0.15, 0.2) is 52.6 Å². The van der Waals surface area contributed by atoms with Crippen LogP contribution in [0.4, 0.5) is 10.7 Å². The second kappa shape index (κ2) is 11.9. The number of methoxy groups -OCH3 is 1. The van der Waals surface area contributed by atoms with Crippen molar-refractivity contribution in [1.29, 1.82) is 0 Å². The number of nitro benzene ring substituents is 1. The van der Waals surface area contributed by atoms with Crippen molar-refractivity contribution in [3.05, 3.63) is 80.6 Å². The number of non-ortho nitro benzene ring substituents is 1. The smallest absolute Gasteiger partial charge is 0.274 e. The third kappa shape index (κ3) is 6.39. The van der Waals surface area contributed by atoms with Gasteiger partial charge < -0.3 is 19.2 Å². The molecule has 1 aliphatic rings. The van der Waals surface area contributed by atoms with E-state index in [2.05, 4.69) is 32.7 Å². The second-order valence-corrected chi connectivity index (χ2v) is 11.5. The summed E-state index contributed by atoms with van der Waals surface area (Å²) in [4.78, 5) is 30.4. The van der Waals surface area contributed by atoms with Crippen LogP contribution in [0.1, 0.15) is 59.3 Å². The van der Waals surface area contributed by atoms with Gasteiger partial charge in [0.25, 0.3) is 11.6 Å². The number of rotatable bonds is 10. The number of aliphatic imine (C=N–C) groups is 1. The Morgan fingerprint density at radius 1 is 1.38 bits per heavy atom. The summed E-state index contributed by atoms with van der Waals surface area (Å²) in [6.45, 7) is 10.8. The monoisotopic (exact) mass is 551 g/mol. The lowest BCUT2D eigenvalue weighted by Crippen LogP contribution is -2.28. The molecule has 1 N–H and O–H groups in total. The first-order valence-corrected chi connectivity index (χ1v) is 13.5.